The Morgan fingerprint density at radius 2 is 0.740 bits per heavy atom. The maximum atomic E-state index is 6.32. The lowest BCUT2D eigenvalue weighted by Gasteiger charge is -2.18. The Hall–Kier alpha value is -9.91. The van der Waals surface area contributed by atoms with Crippen molar-refractivity contribution in [1.82, 2.24) is 24.1 Å². The molecule has 11 aromatic carbocycles. The molecule has 0 aliphatic carbocycles. The molecule has 0 saturated heterocycles. The third-order valence-corrected chi connectivity index (χ3v) is 14.6. The molecule has 6 nitrogen and oxygen atoms in total. The van der Waals surface area contributed by atoms with E-state index in [1.165, 1.54) is 5.39 Å². The lowest BCUT2D eigenvalue weighted by molar-refractivity contribution is 0.669. The van der Waals surface area contributed by atoms with E-state index >= 15 is 0 Å². The third kappa shape index (κ3) is 6.41. The van der Waals surface area contributed by atoms with E-state index in [1.807, 2.05) is 18.2 Å². The highest BCUT2D eigenvalue weighted by Crippen LogP contribution is 2.44. The molecule has 0 radical (unpaired) electrons. The Labute approximate surface area is 419 Å². The summed E-state index contributed by atoms with van der Waals surface area (Å²) in [5.41, 5.74) is 15.4. The predicted octanol–water partition coefficient (Wildman–Crippen LogP) is 17.5. The van der Waals surface area contributed by atoms with Crippen molar-refractivity contribution in [3.8, 4) is 67.8 Å². The Balaban J connectivity index is 1.03. The molecular weight excluding hydrogens is 891 g/mol. The molecule has 0 saturated carbocycles. The summed E-state index contributed by atoms with van der Waals surface area (Å²) >= 11 is 0. The van der Waals surface area contributed by atoms with Gasteiger partial charge in [0, 0.05) is 54.6 Å². The summed E-state index contributed by atoms with van der Waals surface area (Å²) in [6.45, 7) is 0. The first-order chi connectivity index (χ1) is 36.2. The van der Waals surface area contributed by atoms with Gasteiger partial charge in [0.2, 0.25) is 0 Å². The molecule has 73 heavy (non-hydrogen) atoms. The average Bonchev–Trinajstić information content (AvgIpc) is 4.13. The monoisotopic (exact) mass is 931 g/mol. The highest BCUT2D eigenvalue weighted by Gasteiger charge is 2.25. The second kappa shape index (κ2) is 16.3. The lowest BCUT2D eigenvalue weighted by Crippen LogP contribution is -2.04. The molecule has 0 unspecified atom stereocenters. The van der Waals surface area contributed by atoms with Gasteiger partial charge in [0.05, 0.1) is 33.4 Å². The van der Waals surface area contributed by atoms with Gasteiger partial charge in [0.15, 0.2) is 17.5 Å². The van der Waals surface area contributed by atoms with Gasteiger partial charge in [-0.25, -0.2) is 15.0 Å². The molecule has 0 bridgehead atoms. The summed E-state index contributed by atoms with van der Waals surface area (Å²) < 4.78 is 11.2. The first-order valence-electron chi connectivity index (χ1n) is 24.7. The minimum atomic E-state index is 0.572. The van der Waals surface area contributed by atoms with Gasteiger partial charge in [-0.05, 0) is 88.1 Å². The van der Waals surface area contributed by atoms with Crippen LogP contribution in [0.25, 0.3) is 144 Å². The van der Waals surface area contributed by atoms with Crippen LogP contribution in [0.1, 0.15) is 0 Å². The SMILES string of the molecule is c1ccc(-c2ccccc2-n2c3ccccc3c3cccc(-n4c5ccccc5c5cccc(-c6nc(-c7ccc8oc9ccccc9c8c7)nc(-c7ccc(-c8ccccc8)c8ccccc78)n6)c54)c32)cc1. The third-order valence-electron chi connectivity index (χ3n) is 14.6. The zero-order chi connectivity index (χ0) is 48.0. The zero-order valence-corrected chi connectivity index (χ0v) is 39.3. The minimum absolute atomic E-state index is 0.572. The van der Waals surface area contributed by atoms with E-state index in [9.17, 15) is 0 Å². The van der Waals surface area contributed by atoms with Crippen LogP contribution < -0.4 is 0 Å². The van der Waals surface area contributed by atoms with Crippen LogP contribution in [0, 0.1) is 0 Å². The largest absolute Gasteiger partial charge is 0.456 e. The molecule has 15 rings (SSSR count). The maximum absolute atomic E-state index is 6.32. The van der Waals surface area contributed by atoms with Crippen molar-refractivity contribution in [2.75, 3.05) is 0 Å². The highest BCUT2D eigenvalue weighted by atomic mass is 16.3. The molecule has 4 heterocycles. The number of aromatic nitrogens is 5. The van der Waals surface area contributed by atoms with Gasteiger partial charge in [0.25, 0.3) is 0 Å². The number of hydrogen-bond donors (Lipinski definition) is 0. The molecule has 0 amide bonds. The van der Waals surface area contributed by atoms with Crippen LogP contribution in [0.15, 0.2) is 253 Å². The summed E-state index contributed by atoms with van der Waals surface area (Å²) in [6.07, 6.45) is 0. The van der Waals surface area contributed by atoms with Crippen molar-refractivity contribution >= 4 is 76.3 Å². The summed E-state index contributed by atoms with van der Waals surface area (Å²) in [5.74, 6) is 1.74. The fourth-order valence-electron chi connectivity index (χ4n) is 11.4. The van der Waals surface area contributed by atoms with Crippen molar-refractivity contribution in [2.24, 2.45) is 0 Å². The van der Waals surface area contributed by atoms with Crippen molar-refractivity contribution in [1.29, 1.82) is 0 Å². The van der Waals surface area contributed by atoms with Crippen LogP contribution in [-0.2, 0) is 0 Å². The normalized spacial score (nSPS) is 11.8. The highest BCUT2D eigenvalue weighted by molar-refractivity contribution is 6.17. The van der Waals surface area contributed by atoms with E-state index in [1.54, 1.807) is 0 Å². The fourth-order valence-corrected chi connectivity index (χ4v) is 11.4. The van der Waals surface area contributed by atoms with E-state index in [2.05, 4.69) is 240 Å². The summed E-state index contributed by atoms with van der Waals surface area (Å²) in [6, 6.07) is 88.1. The number of para-hydroxylation sites is 6. The second-order valence-electron chi connectivity index (χ2n) is 18.7. The van der Waals surface area contributed by atoms with Crippen LogP contribution in [0.4, 0.5) is 0 Å². The van der Waals surface area contributed by atoms with Gasteiger partial charge in [0.1, 0.15) is 11.2 Å². The van der Waals surface area contributed by atoms with Gasteiger partial charge in [-0.1, -0.05) is 188 Å². The second-order valence-corrected chi connectivity index (χ2v) is 18.7. The predicted molar refractivity (Wildman–Crippen MR) is 300 cm³/mol. The first-order valence-corrected chi connectivity index (χ1v) is 24.7. The molecule has 6 heteroatoms. The topological polar surface area (TPSA) is 61.7 Å². The smallest absolute Gasteiger partial charge is 0.166 e. The zero-order valence-electron chi connectivity index (χ0n) is 39.3. The minimum Gasteiger partial charge on any atom is -0.456 e. The van der Waals surface area contributed by atoms with Gasteiger partial charge in [-0.15, -0.1) is 0 Å². The van der Waals surface area contributed by atoms with Crippen LogP contribution >= 0.6 is 0 Å². The summed E-state index contributed by atoms with van der Waals surface area (Å²) in [4.78, 5) is 16.5. The quantitative estimate of drug-likeness (QED) is 0.160. The molecule has 0 aliphatic rings. The standard InChI is InChI=1S/C67H41N5O/c1-3-19-42(20-4-1)45-38-39-54(48-25-8-7-24-47(45)48)66-68-65(44-37-40-62-56(41-44)51-28-12-16-36-61(51)73-62)69-67(70-66)55-31-17-29-52-49-26-10-15-34-59(49)72(63(52)55)60-35-18-30-53-50-27-11-14-33-58(50)71(64(53)60)57-32-13-9-23-46(57)43-21-5-2-6-22-43/h1-41H. The first kappa shape index (κ1) is 40.9. The number of hydrogen-bond acceptors (Lipinski definition) is 4. The molecule has 0 aliphatic heterocycles. The molecule has 15 aromatic rings. The van der Waals surface area contributed by atoms with E-state index in [0.29, 0.717) is 17.5 Å². The van der Waals surface area contributed by atoms with Crippen LogP contribution in [0.3, 0.4) is 0 Å². The van der Waals surface area contributed by atoms with Crippen molar-refractivity contribution in [3.05, 3.63) is 249 Å². The molecular formula is C67H41N5O. The molecule has 0 N–H and O–H groups in total. The average molecular weight is 932 g/mol. The molecule has 0 fully saturated rings. The maximum Gasteiger partial charge on any atom is 0.166 e. The fraction of sp³-hybridized carbons (Fsp3) is 0. The Bertz CT molecular complexity index is 4680. The Morgan fingerprint density at radius 1 is 0.260 bits per heavy atom. The van der Waals surface area contributed by atoms with Gasteiger partial charge >= 0.3 is 0 Å². The number of benzene rings is 11. The van der Waals surface area contributed by atoms with E-state index in [4.69, 9.17) is 19.4 Å². The van der Waals surface area contributed by atoms with Crippen LogP contribution in [0.5, 0.6) is 0 Å². The van der Waals surface area contributed by atoms with Crippen molar-refractivity contribution < 1.29 is 4.42 Å². The van der Waals surface area contributed by atoms with Gasteiger partial charge in [-0.2, -0.15) is 0 Å². The molecule has 0 spiro atoms. The van der Waals surface area contributed by atoms with E-state index in [-0.39, 0.29) is 0 Å². The number of rotatable bonds is 7. The number of nitrogens with zero attached hydrogens (tertiary/aromatic N) is 5. The van der Waals surface area contributed by atoms with E-state index in [0.717, 1.165) is 121 Å². The van der Waals surface area contributed by atoms with Crippen LogP contribution in [-0.4, -0.2) is 24.1 Å². The van der Waals surface area contributed by atoms with Crippen molar-refractivity contribution in [2.45, 2.75) is 0 Å². The molecule has 340 valence electrons. The van der Waals surface area contributed by atoms with Crippen LogP contribution in [0.2, 0.25) is 0 Å². The molecule has 4 aromatic heterocycles. The van der Waals surface area contributed by atoms with Gasteiger partial charge < -0.3 is 13.6 Å². The lowest BCUT2D eigenvalue weighted by atomic mass is 9.94. The Kier molecular flexibility index (Phi) is 9.16. The summed E-state index contributed by atoms with van der Waals surface area (Å²) in [7, 11) is 0. The number of furan rings is 1. The van der Waals surface area contributed by atoms with Crippen molar-refractivity contribution in [3.63, 3.8) is 0 Å². The summed E-state index contributed by atoms with van der Waals surface area (Å²) in [5, 5.41) is 8.83. The van der Waals surface area contributed by atoms with Gasteiger partial charge in [-0.3, -0.25) is 0 Å². The van der Waals surface area contributed by atoms with E-state index < -0.39 is 0 Å². The Morgan fingerprint density at radius 3 is 1.48 bits per heavy atom. The molecule has 0 atom stereocenters. The number of fused-ring (bicyclic) bond motifs is 10.